The van der Waals surface area contributed by atoms with Crippen LogP contribution in [0.3, 0.4) is 0 Å². The number of nitrogens with zero attached hydrogens (tertiary/aromatic N) is 2. The van der Waals surface area contributed by atoms with Crippen molar-refractivity contribution in [2.24, 2.45) is 10.2 Å². The molecule has 4 heteroatoms. The number of ether oxygens (including phenoxy) is 1. The van der Waals surface area contributed by atoms with Crippen molar-refractivity contribution in [3.63, 3.8) is 0 Å². The number of phenolic OH excluding ortho intramolecular Hbond substituents is 1. The first-order valence-corrected chi connectivity index (χ1v) is 6.55. The van der Waals surface area contributed by atoms with Crippen molar-refractivity contribution in [3.8, 4) is 11.5 Å². The van der Waals surface area contributed by atoms with Crippen molar-refractivity contribution in [2.75, 3.05) is 6.61 Å². The zero-order chi connectivity index (χ0) is 14.5. The zero-order valence-electron chi connectivity index (χ0n) is 11.9. The minimum Gasteiger partial charge on any atom is -0.507 e. The van der Waals surface area contributed by atoms with Gasteiger partial charge >= 0.3 is 0 Å². The number of aryl methyl sites for hydroxylation is 2. The van der Waals surface area contributed by atoms with E-state index in [0.29, 0.717) is 12.4 Å². The molecule has 0 radical (unpaired) electrons. The van der Waals surface area contributed by atoms with Gasteiger partial charge in [0, 0.05) is 0 Å². The Morgan fingerprint density at radius 2 is 1.50 bits per heavy atom. The third-order valence-electron chi connectivity index (χ3n) is 2.90. The molecule has 20 heavy (non-hydrogen) atoms. The second-order valence-corrected chi connectivity index (χ2v) is 4.56. The van der Waals surface area contributed by atoms with Gasteiger partial charge < -0.3 is 9.84 Å². The smallest absolute Gasteiger partial charge is 0.121 e. The predicted molar refractivity (Wildman–Crippen MR) is 79.4 cm³/mol. The molecular weight excluding hydrogens is 252 g/mol. The van der Waals surface area contributed by atoms with E-state index in [9.17, 15) is 5.11 Å². The zero-order valence-corrected chi connectivity index (χ0v) is 11.9. The number of phenols is 1. The fourth-order valence-corrected chi connectivity index (χ4v) is 1.88. The van der Waals surface area contributed by atoms with Crippen LogP contribution in [0.1, 0.15) is 18.1 Å². The molecule has 0 aliphatic rings. The van der Waals surface area contributed by atoms with Crippen molar-refractivity contribution in [1.82, 2.24) is 0 Å². The molecule has 2 rings (SSSR count). The summed E-state index contributed by atoms with van der Waals surface area (Å²) in [4.78, 5) is 0. The largest absolute Gasteiger partial charge is 0.507 e. The van der Waals surface area contributed by atoms with Crippen LogP contribution in [-0.4, -0.2) is 11.7 Å². The lowest BCUT2D eigenvalue weighted by Crippen LogP contribution is -1.89. The van der Waals surface area contributed by atoms with E-state index >= 15 is 0 Å². The van der Waals surface area contributed by atoms with Gasteiger partial charge in [0.15, 0.2) is 0 Å². The van der Waals surface area contributed by atoms with Gasteiger partial charge in [-0.25, -0.2) is 0 Å². The van der Waals surface area contributed by atoms with E-state index in [4.69, 9.17) is 4.74 Å². The van der Waals surface area contributed by atoms with Crippen LogP contribution >= 0.6 is 0 Å². The fraction of sp³-hybridized carbons (Fsp3) is 0.250. The van der Waals surface area contributed by atoms with Crippen LogP contribution in [0.25, 0.3) is 0 Å². The van der Waals surface area contributed by atoms with Crippen LogP contribution < -0.4 is 4.74 Å². The van der Waals surface area contributed by atoms with Gasteiger partial charge in [0.05, 0.1) is 18.0 Å². The van der Waals surface area contributed by atoms with Crippen LogP contribution in [-0.2, 0) is 0 Å². The first-order chi connectivity index (χ1) is 9.60. The first-order valence-electron chi connectivity index (χ1n) is 6.55. The molecule has 2 aromatic carbocycles. The summed E-state index contributed by atoms with van der Waals surface area (Å²) in [5.41, 5.74) is 3.08. The average molecular weight is 270 g/mol. The van der Waals surface area contributed by atoms with Crippen molar-refractivity contribution in [2.45, 2.75) is 20.8 Å². The Morgan fingerprint density at radius 1 is 0.950 bits per heavy atom. The van der Waals surface area contributed by atoms with Crippen molar-refractivity contribution < 1.29 is 9.84 Å². The second-order valence-electron chi connectivity index (χ2n) is 4.56. The molecule has 0 aliphatic heterocycles. The minimum absolute atomic E-state index is 0.310. The van der Waals surface area contributed by atoms with E-state index in [0.717, 1.165) is 28.3 Å². The predicted octanol–water partition coefficient (Wildman–Crippen LogP) is 4.82. The highest BCUT2D eigenvalue weighted by molar-refractivity contribution is 5.51. The van der Waals surface area contributed by atoms with Gasteiger partial charge in [0.25, 0.3) is 0 Å². The summed E-state index contributed by atoms with van der Waals surface area (Å²) >= 11 is 0. The van der Waals surface area contributed by atoms with E-state index in [-0.39, 0.29) is 0 Å². The number of rotatable bonds is 4. The number of hydrogen-bond acceptors (Lipinski definition) is 4. The Bertz CT molecular complexity index is 596. The summed E-state index contributed by atoms with van der Waals surface area (Å²) in [5, 5.41) is 18.1. The van der Waals surface area contributed by atoms with E-state index in [2.05, 4.69) is 10.2 Å². The molecule has 0 unspecified atom stereocenters. The van der Waals surface area contributed by atoms with E-state index in [1.54, 1.807) is 12.1 Å². The Balaban J connectivity index is 2.16. The van der Waals surface area contributed by atoms with Gasteiger partial charge in [-0.2, -0.15) is 10.2 Å². The molecule has 0 aromatic heterocycles. The highest BCUT2D eigenvalue weighted by Crippen LogP contribution is 2.28. The monoisotopic (exact) mass is 270 g/mol. The third-order valence-corrected chi connectivity index (χ3v) is 2.90. The van der Waals surface area contributed by atoms with Crippen molar-refractivity contribution in [3.05, 3.63) is 47.5 Å². The molecule has 0 saturated carbocycles. The highest BCUT2D eigenvalue weighted by atomic mass is 16.5. The summed E-state index contributed by atoms with van der Waals surface area (Å²) in [5.74, 6) is 1.13. The molecule has 0 heterocycles. The van der Waals surface area contributed by atoms with Crippen LogP contribution in [0, 0.1) is 13.8 Å². The lowest BCUT2D eigenvalue weighted by molar-refractivity contribution is 0.340. The normalized spacial score (nSPS) is 10.9. The van der Waals surface area contributed by atoms with E-state index in [1.807, 2.05) is 45.0 Å². The van der Waals surface area contributed by atoms with Crippen LogP contribution in [0.4, 0.5) is 11.4 Å². The molecule has 104 valence electrons. The second kappa shape index (κ2) is 6.19. The van der Waals surface area contributed by atoms with Crippen LogP contribution in [0.5, 0.6) is 11.5 Å². The van der Waals surface area contributed by atoms with Crippen LogP contribution in [0.15, 0.2) is 46.6 Å². The minimum atomic E-state index is 0.310. The maximum absolute atomic E-state index is 9.71. The molecule has 0 bridgehead atoms. The van der Waals surface area contributed by atoms with Gasteiger partial charge in [-0.05, 0) is 68.3 Å². The average Bonchev–Trinajstić information content (AvgIpc) is 2.44. The third kappa shape index (κ3) is 3.35. The molecule has 4 nitrogen and oxygen atoms in total. The summed E-state index contributed by atoms with van der Waals surface area (Å²) < 4.78 is 5.37. The van der Waals surface area contributed by atoms with Gasteiger partial charge in [-0.1, -0.05) is 0 Å². The number of aromatic hydroxyl groups is 1. The van der Waals surface area contributed by atoms with E-state index in [1.165, 1.54) is 0 Å². The molecule has 2 aromatic rings. The van der Waals surface area contributed by atoms with Gasteiger partial charge in [0.2, 0.25) is 0 Å². The summed E-state index contributed by atoms with van der Waals surface area (Å²) in [7, 11) is 0. The fourth-order valence-electron chi connectivity index (χ4n) is 1.88. The van der Waals surface area contributed by atoms with Crippen molar-refractivity contribution in [1.29, 1.82) is 0 Å². The molecular formula is C16H18N2O2. The number of hydrogen-bond donors (Lipinski definition) is 1. The Kier molecular flexibility index (Phi) is 4.35. The Labute approximate surface area is 118 Å². The van der Waals surface area contributed by atoms with E-state index < -0.39 is 0 Å². The summed E-state index contributed by atoms with van der Waals surface area (Å²) in [6.07, 6.45) is 0. The molecule has 0 fully saturated rings. The maximum Gasteiger partial charge on any atom is 0.121 e. The standard InChI is InChI=1S/C16H18N2O2/c1-4-20-15-7-5-13(6-8-15)17-18-14-9-11(2)16(19)12(3)10-14/h5-10,19H,4H2,1-3H3. The molecule has 0 aliphatic carbocycles. The molecule has 1 N–H and O–H groups in total. The van der Waals surface area contributed by atoms with Gasteiger partial charge in [0.1, 0.15) is 11.5 Å². The maximum atomic E-state index is 9.71. The number of benzene rings is 2. The SMILES string of the molecule is CCOc1ccc(N=Nc2cc(C)c(O)c(C)c2)cc1. The Hall–Kier alpha value is -2.36. The summed E-state index contributed by atoms with van der Waals surface area (Å²) in [6.45, 7) is 6.28. The lowest BCUT2D eigenvalue weighted by atomic mass is 10.1. The van der Waals surface area contributed by atoms with Gasteiger partial charge in [-0.3, -0.25) is 0 Å². The number of azo groups is 1. The molecule has 0 saturated heterocycles. The summed E-state index contributed by atoms with van der Waals surface area (Å²) in [6, 6.07) is 11.1. The quantitative estimate of drug-likeness (QED) is 0.809. The highest BCUT2D eigenvalue weighted by Gasteiger charge is 2.02. The topological polar surface area (TPSA) is 54.2 Å². The molecule has 0 atom stereocenters. The van der Waals surface area contributed by atoms with Gasteiger partial charge in [-0.15, -0.1) is 0 Å². The lowest BCUT2D eigenvalue weighted by Gasteiger charge is -2.04. The first kappa shape index (κ1) is 14.1. The van der Waals surface area contributed by atoms with Crippen molar-refractivity contribution >= 4 is 11.4 Å². The Morgan fingerprint density at radius 3 is 2.05 bits per heavy atom. The molecule has 0 amide bonds. The van der Waals surface area contributed by atoms with Crippen LogP contribution in [0.2, 0.25) is 0 Å². The molecule has 0 spiro atoms.